The lowest BCUT2D eigenvalue weighted by atomic mass is 9.89. The molecule has 3 nitrogen and oxygen atoms in total. The molecule has 22 heavy (non-hydrogen) atoms. The van der Waals surface area contributed by atoms with E-state index in [1.54, 1.807) is 0 Å². The fourth-order valence-corrected chi connectivity index (χ4v) is 4.22. The van der Waals surface area contributed by atoms with Gasteiger partial charge in [-0.2, -0.15) is 0 Å². The first kappa shape index (κ1) is 14.5. The zero-order valence-electron chi connectivity index (χ0n) is 12.7. The lowest BCUT2D eigenvalue weighted by Gasteiger charge is -2.36. The standard InChI is InChI=1S/C18H21BrN2O/c19-14-3-4-15-16(12-14)20-8-5-17(15)21-9-6-13(7-10-21)18-2-1-11-22-18/h3-5,8,12-13,18H,1-2,6-7,9-11H2. The highest BCUT2D eigenvalue weighted by Gasteiger charge is 2.29. The van der Waals surface area contributed by atoms with Crippen molar-refractivity contribution >= 4 is 32.5 Å². The Hall–Kier alpha value is -1.13. The Kier molecular flexibility index (Phi) is 4.05. The number of hydrogen-bond donors (Lipinski definition) is 0. The number of anilines is 1. The second-order valence-corrected chi connectivity index (χ2v) is 7.28. The van der Waals surface area contributed by atoms with E-state index in [-0.39, 0.29) is 0 Å². The number of fused-ring (bicyclic) bond motifs is 1. The zero-order chi connectivity index (χ0) is 14.9. The Morgan fingerprint density at radius 3 is 2.77 bits per heavy atom. The molecular weight excluding hydrogens is 340 g/mol. The Balaban J connectivity index is 1.53. The molecule has 1 atom stereocenters. The van der Waals surface area contributed by atoms with Crippen molar-refractivity contribution in [3.05, 3.63) is 34.9 Å². The van der Waals surface area contributed by atoms with Gasteiger partial charge in [0, 0.05) is 41.4 Å². The second-order valence-electron chi connectivity index (χ2n) is 6.37. The van der Waals surface area contributed by atoms with Gasteiger partial charge >= 0.3 is 0 Å². The number of piperidine rings is 1. The summed E-state index contributed by atoms with van der Waals surface area (Å²) in [6.07, 6.45) is 7.44. The quantitative estimate of drug-likeness (QED) is 0.793. The summed E-state index contributed by atoms with van der Waals surface area (Å²) >= 11 is 3.53. The topological polar surface area (TPSA) is 25.4 Å². The molecule has 0 aliphatic carbocycles. The number of pyridine rings is 1. The van der Waals surface area contributed by atoms with Gasteiger partial charge in [-0.3, -0.25) is 4.98 Å². The van der Waals surface area contributed by atoms with Crippen LogP contribution in [0.25, 0.3) is 10.9 Å². The van der Waals surface area contributed by atoms with Gasteiger partial charge in [-0.1, -0.05) is 15.9 Å². The van der Waals surface area contributed by atoms with Crippen molar-refractivity contribution in [3.8, 4) is 0 Å². The van der Waals surface area contributed by atoms with Crippen LogP contribution in [0.3, 0.4) is 0 Å². The van der Waals surface area contributed by atoms with Gasteiger partial charge in [0.25, 0.3) is 0 Å². The summed E-state index contributed by atoms with van der Waals surface area (Å²) in [7, 11) is 0. The van der Waals surface area contributed by atoms with Gasteiger partial charge in [-0.25, -0.2) is 0 Å². The first-order valence-corrected chi connectivity index (χ1v) is 9.01. The number of rotatable bonds is 2. The lowest BCUT2D eigenvalue weighted by Crippen LogP contribution is -2.37. The predicted molar refractivity (Wildman–Crippen MR) is 93.4 cm³/mol. The minimum atomic E-state index is 0.521. The van der Waals surface area contributed by atoms with E-state index in [1.807, 2.05) is 6.20 Å². The summed E-state index contributed by atoms with van der Waals surface area (Å²) in [6.45, 7) is 3.22. The molecule has 0 bridgehead atoms. The van der Waals surface area contributed by atoms with Crippen LogP contribution in [0.1, 0.15) is 25.7 Å². The van der Waals surface area contributed by atoms with Crippen LogP contribution in [-0.4, -0.2) is 30.8 Å². The number of benzene rings is 1. The molecule has 0 radical (unpaired) electrons. The van der Waals surface area contributed by atoms with E-state index in [1.165, 1.54) is 36.8 Å². The molecule has 116 valence electrons. The van der Waals surface area contributed by atoms with Crippen molar-refractivity contribution in [3.63, 3.8) is 0 Å². The molecule has 2 aromatic rings. The summed E-state index contributed by atoms with van der Waals surface area (Å²) in [5.41, 5.74) is 2.39. The van der Waals surface area contributed by atoms with E-state index >= 15 is 0 Å². The van der Waals surface area contributed by atoms with Crippen LogP contribution in [0.2, 0.25) is 0 Å². The van der Waals surface area contributed by atoms with Crippen LogP contribution in [0.5, 0.6) is 0 Å². The maximum Gasteiger partial charge on any atom is 0.0734 e. The van der Waals surface area contributed by atoms with Gasteiger partial charge in [0.05, 0.1) is 11.6 Å². The molecule has 2 fully saturated rings. The smallest absolute Gasteiger partial charge is 0.0734 e. The SMILES string of the molecule is Brc1ccc2c(N3CCC(C4CCCO4)CC3)ccnc2c1. The van der Waals surface area contributed by atoms with Gasteiger partial charge in [0.15, 0.2) is 0 Å². The highest BCUT2D eigenvalue weighted by Crippen LogP contribution is 2.33. The average molecular weight is 361 g/mol. The van der Waals surface area contributed by atoms with Gasteiger partial charge in [0.2, 0.25) is 0 Å². The van der Waals surface area contributed by atoms with E-state index in [9.17, 15) is 0 Å². The summed E-state index contributed by atoms with van der Waals surface area (Å²) in [5.74, 6) is 0.751. The van der Waals surface area contributed by atoms with Crippen molar-refractivity contribution in [2.45, 2.75) is 31.8 Å². The van der Waals surface area contributed by atoms with Gasteiger partial charge in [-0.05, 0) is 55.9 Å². The van der Waals surface area contributed by atoms with Crippen molar-refractivity contribution < 1.29 is 4.74 Å². The third-order valence-electron chi connectivity index (χ3n) is 5.05. The van der Waals surface area contributed by atoms with Crippen LogP contribution in [-0.2, 0) is 4.74 Å². The molecule has 4 heteroatoms. The average Bonchev–Trinajstić information content (AvgIpc) is 3.09. The Bertz CT molecular complexity index is 661. The van der Waals surface area contributed by atoms with Crippen molar-refractivity contribution in [2.24, 2.45) is 5.92 Å². The fraction of sp³-hybridized carbons (Fsp3) is 0.500. The maximum absolute atomic E-state index is 5.88. The molecule has 1 aromatic heterocycles. The van der Waals surface area contributed by atoms with Crippen LogP contribution in [0.15, 0.2) is 34.9 Å². The van der Waals surface area contributed by atoms with Crippen LogP contribution in [0.4, 0.5) is 5.69 Å². The molecule has 3 heterocycles. The van der Waals surface area contributed by atoms with Crippen LogP contribution in [0, 0.1) is 5.92 Å². The molecule has 0 spiro atoms. The third kappa shape index (κ3) is 2.74. The van der Waals surface area contributed by atoms with Crippen LogP contribution >= 0.6 is 15.9 Å². The molecule has 1 aromatic carbocycles. The highest BCUT2D eigenvalue weighted by atomic mass is 79.9. The largest absolute Gasteiger partial charge is 0.378 e. The highest BCUT2D eigenvalue weighted by molar-refractivity contribution is 9.10. The lowest BCUT2D eigenvalue weighted by molar-refractivity contribution is 0.0532. The molecule has 1 unspecified atom stereocenters. The number of aromatic nitrogens is 1. The molecule has 0 amide bonds. The Labute approximate surface area is 139 Å². The Morgan fingerprint density at radius 1 is 1.14 bits per heavy atom. The zero-order valence-corrected chi connectivity index (χ0v) is 14.3. The molecule has 4 rings (SSSR count). The van der Waals surface area contributed by atoms with Crippen LogP contribution < -0.4 is 4.90 Å². The maximum atomic E-state index is 5.88. The summed E-state index contributed by atoms with van der Waals surface area (Å²) < 4.78 is 6.97. The number of ether oxygens (including phenoxy) is 1. The van der Waals surface area contributed by atoms with E-state index in [4.69, 9.17) is 4.74 Å². The van der Waals surface area contributed by atoms with Gasteiger partial charge < -0.3 is 9.64 Å². The number of nitrogens with zero attached hydrogens (tertiary/aromatic N) is 2. The molecule has 2 saturated heterocycles. The third-order valence-corrected chi connectivity index (χ3v) is 5.55. The molecular formula is C18H21BrN2O. The fourth-order valence-electron chi connectivity index (χ4n) is 3.87. The normalized spacial score (nSPS) is 23.3. The van der Waals surface area contributed by atoms with Gasteiger partial charge in [-0.15, -0.1) is 0 Å². The molecule has 2 aliphatic heterocycles. The summed E-state index contributed by atoms with van der Waals surface area (Å²) in [5, 5.41) is 1.25. The summed E-state index contributed by atoms with van der Waals surface area (Å²) in [6, 6.07) is 8.53. The van der Waals surface area contributed by atoms with Crippen molar-refractivity contribution in [1.82, 2.24) is 4.98 Å². The minimum absolute atomic E-state index is 0.521. The molecule has 2 aliphatic rings. The van der Waals surface area contributed by atoms with E-state index < -0.39 is 0 Å². The monoisotopic (exact) mass is 360 g/mol. The predicted octanol–water partition coefficient (Wildman–Crippen LogP) is 4.39. The van der Waals surface area contributed by atoms with E-state index in [2.05, 4.69) is 50.1 Å². The summed E-state index contributed by atoms with van der Waals surface area (Å²) in [4.78, 5) is 7.02. The Morgan fingerprint density at radius 2 is 2.00 bits per heavy atom. The number of hydrogen-bond acceptors (Lipinski definition) is 3. The first-order chi connectivity index (χ1) is 10.8. The van der Waals surface area contributed by atoms with E-state index in [0.29, 0.717) is 6.10 Å². The molecule has 0 saturated carbocycles. The first-order valence-electron chi connectivity index (χ1n) is 8.22. The van der Waals surface area contributed by atoms with Crippen molar-refractivity contribution in [2.75, 3.05) is 24.6 Å². The molecule has 0 N–H and O–H groups in total. The van der Waals surface area contributed by atoms with Gasteiger partial charge in [0.1, 0.15) is 0 Å². The second kappa shape index (κ2) is 6.17. The number of halogens is 1. The van der Waals surface area contributed by atoms with Crippen molar-refractivity contribution in [1.29, 1.82) is 0 Å². The van der Waals surface area contributed by atoms with E-state index in [0.717, 1.165) is 35.6 Å². The minimum Gasteiger partial charge on any atom is -0.378 e.